The van der Waals surface area contributed by atoms with E-state index in [0.717, 1.165) is 22.7 Å². The molecule has 0 aliphatic heterocycles. The first kappa shape index (κ1) is 40.4. The quantitative estimate of drug-likeness (QED) is 0.151. The molecule has 2 aliphatic rings. The molecule has 2 aliphatic carbocycles. The zero-order valence-electron chi connectivity index (χ0n) is 39.3. The van der Waals surface area contributed by atoms with Crippen molar-refractivity contribution in [3.8, 4) is 50.2 Å². The van der Waals surface area contributed by atoms with Gasteiger partial charge < -0.3 is 9.47 Å². The van der Waals surface area contributed by atoms with Gasteiger partial charge in [0.25, 0.3) is 0 Å². The van der Waals surface area contributed by atoms with Crippen molar-refractivity contribution >= 4 is 71.6 Å². The van der Waals surface area contributed by atoms with E-state index >= 15 is 0 Å². The summed E-state index contributed by atoms with van der Waals surface area (Å²) >= 11 is 0. The first-order valence-electron chi connectivity index (χ1n) is 24.9. The Morgan fingerprint density at radius 1 is 0.236 bits per heavy atom. The largest absolute Gasteiger partial charge is 0.310 e. The average Bonchev–Trinajstić information content (AvgIpc) is 4.08. The van der Waals surface area contributed by atoms with E-state index in [-0.39, 0.29) is 0 Å². The molecular formula is C70H44N2. The summed E-state index contributed by atoms with van der Waals surface area (Å²) < 4.78 is 2.40. The zero-order chi connectivity index (χ0) is 47.3. The van der Waals surface area contributed by atoms with Crippen molar-refractivity contribution in [3.05, 3.63) is 289 Å². The molecule has 0 atom stereocenters. The van der Waals surface area contributed by atoms with Crippen LogP contribution in [0.3, 0.4) is 0 Å². The molecule has 2 heteroatoms. The van der Waals surface area contributed by atoms with E-state index in [1.165, 1.54) is 121 Å². The van der Waals surface area contributed by atoms with Crippen molar-refractivity contribution in [1.29, 1.82) is 0 Å². The van der Waals surface area contributed by atoms with Gasteiger partial charge in [0.2, 0.25) is 0 Å². The van der Waals surface area contributed by atoms with E-state index in [1.54, 1.807) is 0 Å². The Morgan fingerprint density at radius 3 is 1.43 bits per heavy atom. The van der Waals surface area contributed by atoms with Gasteiger partial charge >= 0.3 is 0 Å². The average molecular weight is 913 g/mol. The number of nitrogens with zero attached hydrogens (tertiary/aromatic N) is 2. The molecule has 334 valence electrons. The second kappa shape index (κ2) is 16.0. The molecule has 0 amide bonds. The molecule has 0 N–H and O–H groups in total. The van der Waals surface area contributed by atoms with Crippen molar-refractivity contribution in [2.24, 2.45) is 0 Å². The van der Waals surface area contributed by atoms with Gasteiger partial charge in [-0.05, 0) is 166 Å². The van der Waals surface area contributed by atoms with E-state index in [0.29, 0.717) is 0 Å². The molecule has 12 aromatic carbocycles. The van der Waals surface area contributed by atoms with Gasteiger partial charge in [0.05, 0.1) is 11.0 Å². The van der Waals surface area contributed by atoms with Crippen LogP contribution in [0.2, 0.25) is 0 Å². The van der Waals surface area contributed by atoms with Gasteiger partial charge in [-0.15, -0.1) is 0 Å². The van der Waals surface area contributed by atoms with Crippen LogP contribution < -0.4 is 4.90 Å². The van der Waals surface area contributed by atoms with E-state index in [1.807, 2.05) is 0 Å². The Bertz CT molecular complexity index is 4320. The van der Waals surface area contributed by atoms with Crippen molar-refractivity contribution < 1.29 is 0 Å². The number of anilines is 3. The summed E-state index contributed by atoms with van der Waals surface area (Å²) in [6, 6.07) is 98.6. The van der Waals surface area contributed by atoms with Crippen LogP contribution in [-0.2, 0) is 0 Å². The summed E-state index contributed by atoms with van der Waals surface area (Å²) in [6.45, 7) is 0. The molecule has 0 bridgehead atoms. The Hall–Kier alpha value is -9.50. The number of hydrogen-bond acceptors (Lipinski definition) is 1. The Kier molecular flexibility index (Phi) is 8.99. The van der Waals surface area contributed by atoms with Crippen molar-refractivity contribution in [2.45, 2.75) is 0 Å². The summed E-state index contributed by atoms with van der Waals surface area (Å²) in [6.07, 6.45) is 0. The Balaban J connectivity index is 0.872. The van der Waals surface area contributed by atoms with Gasteiger partial charge in [-0.25, -0.2) is 0 Å². The lowest BCUT2D eigenvalue weighted by atomic mass is 9.91. The monoisotopic (exact) mass is 912 g/mol. The number of rotatable bonds is 6. The second-order valence-corrected chi connectivity index (χ2v) is 19.2. The van der Waals surface area contributed by atoms with Gasteiger partial charge in [0.1, 0.15) is 0 Å². The number of benzene rings is 12. The van der Waals surface area contributed by atoms with Crippen LogP contribution in [0.5, 0.6) is 0 Å². The van der Waals surface area contributed by atoms with Crippen LogP contribution in [0.4, 0.5) is 17.1 Å². The summed E-state index contributed by atoms with van der Waals surface area (Å²) in [5, 5.41) is 7.46. The summed E-state index contributed by atoms with van der Waals surface area (Å²) in [5.74, 6) is 0. The zero-order valence-corrected chi connectivity index (χ0v) is 39.3. The predicted molar refractivity (Wildman–Crippen MR) is 304 cm³/mol. The van der Waals surface area contributed by atoms with Gasteiger partial charge in [-0.2, -0.15) is 0 Å². The highest BCUT2D eigenvalue weighted by atomic mass is 15.1. The maximum atomic E-state index is 2.44. The number of para-hydroxylation sites is 1. The molecule has 2 nitrogen and oxygen atoms in total. The van der Waals surface area contributed by atoms with E-state index in [2.05, 4.69) is 276 Å². The molecular weight excluding hydrogens is 869 g/mol. The van der Waals surface area contributed by atoms with E-state index in [9.17, 15) is 0 Å². The maximum Gasteiger partial charge on any atom is 0.0541 e. The summed E-state index contributed by atoms with van der Waals surface area (Å²) in [4.78, 5) is 2.44. The maximum absolute atomic E-state index is 2.44. The molecule has 0 saturated carbocycles. The first-order valence-corrected chi connectivity index (χ1v) is 24.9. The third-order valence-corrected chi connectivity index (χ3v) is 15.3. The molecule has 0 spiro atoms. The molecule has 0 radical (unpaired) electrons. The normalized spacial score (nSPS) is 12.4. The van der Waals surface area contributed by atoms with Crippen LogP contribution in [0, 0.1) is 0 Å². The minimum absolute atomic E-state index is 1.09. The highest BCUT2D eigenvalue weighted by Gasteiger charge is 2.33. The van der Waals surface area contributed by atoms with Gasteiger partial charge in [0, 0.05) is 33.5 Å². The fourth-order valence-corrected chi connectivity index (χ4v) is 12.0. The third-order valence-electron chi connectivity index (χ3n) is 15.3. The lowest BCUT2D eigenvalue weighted by Crippen LogP contribution is -2.10. The molecule has 0 unspecified atom stereocenters. The van der Waals surface area contributed by atoms with Gasteiger partial charge in [-0.1, -0.05) is 200 Å². The highest BCUT2D eigenvalue weighted by Crippen LogP contribution is 2.55. The molecule has 15 rings (SSSR count). The van der Waals surface area contributed by atoms with Gasteiger partial charge in [-0.3, -0.25) is 0 Å². The summed E-state index contributed by atoms with van der Waals surface area (Å²) in [7, 11) is 0. The third kappa shape index (κ3) is 6.22. The minimum Gasteiger partial charge on any atom is -0.310 e. The topological polar surface area (TPSA) is 8.17 Å². The number of aromatic nitrogens is 1. The molecule has 13 aromatic rings. The Labute approximate surface area is 418 Å². The lowest BCUT2D eigenvalue weighted by molar-refractivity contribution is 1.18. The fraction of sp³-hybridized carbons (Fsp3) is 0. The SMILES string of the molecule is c1ccc(-c2ccc(-n3c4ccccc4c4cc(-c5ccc(N(c6ccc7c(c6)C(=C6c8ccccc8-c8ccccc86)c6ccccc6-7)c6ccc7c(ccc8ccccc87)c6)cc5)ccc43)cc2)cc1. The van der Waals surface area contributed by atoms with Crippen LogP contribution >= 0.6 is 0 Å². The molecule has 1 heterocycles. The molecule has 72 heavy (non-hydrogen) atoms. The predicted octanol–water partition coefficient (Wildman–Crippen LogP) is 18.9. The summed E-state index contributed by atoms with van der Waals surface area (Å²) in [5.41, 5.74) is 24.5. The molecule has 1 aromatic heterocycles. The second-order valence-electron chi connectivity index (χ2n) is 19.2. The smallest absolute Gasteiger partial charge is 0.0541 e. The molecule has 0 fully saturated rings. The Morgan fingerprint density at radius 2 is 0.708 bits per heavy atom. The van der Waals surface area contributed by atoms with Crippen LogP contribution in [0.25, 0.3) is 105 Å². The van der Waals surface area contributed by atoms with Crippen LogP contribution in [-0.4, -0.2) is 4.57 Å². The van der Waals surface area contributed by atoms with Crippen molar-refractivity contribution in [1.82, 2.24) is 4.57 Å². The highest BCUT2D eigenvalue weighted by molar-refractivity contribution is 6.19. The van der Waals surface area contributed by atoms with Crippen molar-refractivity contribution in [2.75, 3.05) is 4.90 Å². The standard InChI is InChI=1S/C70H44N2/c1-2-14-45(15-3-1)46-28-35-52(36-29-46)72-67-25-13-12-21-61(67)65-43-49(32-41-68(65)72)47-30-33-51(34-31-47)71(53-37-39-56-50(42-53)27-26-48-16-4-5-17-55(48)56)54-38-40-60-59-20-8-11-24-64(59)70(66(60)44-54)69-62-22-9-6-18-57(62)58-19-7-10-23-63(58)69/h1-44H. The lowest BCUT2D eigenvalue weighted by Gasteiger charge is -2.27. The number of hydrogen-bond donors (Lipinski definition) is 0. The van der Waals surface area contributed by atoms with Crippen LogP contribution in [0.1, 0.15) is 22.3 Å². The first-order chi connectivity index (χ1) is 35.7. The molecule has 0 saturated heterocycles. The van der Waals surface area contributed by atoms with Gasteiger partial charge in [0.15, 0.2) is 0 Å². The fourth-order valence-electron chi connectivity index (χ4n) is 12.0. The van der Waals surface area contributed by atoms with E-state index in [4.69, 9.17) is 0 Å². The minimum atomic E-state index is 1.09. The van der Waals surface area contributed by atoms with Crippen molar-refractivity contribution in [3.63, 3.8) is 0 Å². The van der Waals surface area contributed by atoms with E-state index < -0.39 is 0 Å². The number of fused-ring (bicyclic) bond motifs is 12. The van der Waals surface area contributed by atoms with Crippen LogP contribution in [0.15, 0.2) is 267 Å².